The van der Waals surface area contributed by atoms with Gasteiger partial charge in [-0.2, -0.15) is 0 Å². The first-order chi connectivity index (χ1) is 13.4. The van der Waals surface area contributed by atoms with Crippen molar-refractivity contribution in [2.24, 2.45) is 5.14 Å². The molecule has 1 aliphatic rings. The van der Waals surface area contributed by atoms with E-state index in [-0.39, 0.29) is 11.7 Å². The second kappa shape index (κ2) is 7.41. The average molecular weight is 398 g/mol. The SMILES string of the molecule is NS(=O)(=O)Cc1ccc(CNC(=O)c2ccc3[nH]c4c(c3c2)CCCC4)cc1. The van der Waals surface area contributed by atoms with Crippen molar-refractivity contribution < 1.29 is 13.2 Å². The van der Waals surface area contributed by atoms with Crippen LogP contribution in [0.3, 0.4) is 0 Å². The van der Waals surface area contributed by atoms with Gasteiger partial charge in [-0.05, 0) is 60.6 Å². The Morgan fingerprint density at radius 1 is 1.04 bits per heavy atom. The summed E-state index contributed by atoms with van der Waals surface area (Å²) in [6, 6.07) is 12.8. The minimum absolute atomic E-state index is 0.124. The van der Waals surface area contributed by atoms with Crippen LogP contribution >= 0.6 is 0 Å². The molecule has 0 aliphatic heterocycles. The van der Waals surface area contributed by atoms with Crippen LogP contribution in [-0.4, -0.2) is 19.3 Å². The maximum Gasteiger partial charge on any atom is 0.251 e. The van der Waals surface area contributed by atoms with Crippen molar-refractivity contribution in [3.8, 4) is 0 Å². The van der Waals surface area contributed by atoms with Gasteiger partial charge in [0.05, 0.1) is 5.75 Å². The van der Waals surface area contributed by atoms with Crippen LogP contribution in [0.15, 0.2) is 42.5 Å². The Hall–Kier alpha value is -2.64. The predicted octanol–water partition coefficient (Wildman–Crippen LogP) is 2.77. The van der Waals surface area contributed by atoms with Gasteiger partial charge in [-0.25, -0.2) is 13.6 Å². The van der Waals surface area contributed by atoms with Crippen LogP contribution in [0.25, 0.3) is 10.9 Å². The Morgan fingerprint density at radius 3 is 2.50 bits per heavy atom. The van der Waals surface area contributed by atoms with Crippen LogP contribution in [-0.2, 0) is 35.2 Å². The highest BCUT2D eigenvalue weighted by Gasteiger charge is 2.16. The maximum absolute atomic E-state index is 12.6. The number of carbonyl (C=O) groups excluding carboxylic acids is 1. The van der Waals surface area contributed by atoms with Gasteiger partial charge in [0.15, 0.2) is 0 Å². The standard InChI is InChI=1S/C21H23N3O3S/c22-28(26,27)13-15-7-5-14(6-8-15)12-23-21(25)16-9-10-20-18(11-16)17-3-1-2-4-19(17)24-20/h5-11,24H,1-4,12-13H2,(H,23,25)(H2,22,26,27). The van der Waals surface area contributed by atoms with E-state index < -0.39 is 10.0 Å². The molecule has 0 fully saturated rings. The number of nitrogens with one attached hydrogen (secondary N) is 2. The van der Waals surface area contributed by atoms with Gasteiger partial charge in [0.1, 0.15) is 0 Å². The molecular formula is C21H23N3O3S. The van der Waals surface area contributed by atoms with Gasteiger partial charge in [0.25, 0.3) is 5.91 Å². The predicted molar refractivity (Wildman–Crippen MR) is 109 cm³/mol. The Bertz CT molecular complexity index is 1130. The summed E-state index contributed by atoms with van der Waals surface area (Å²) in [6.45, 7) is 0.373. The zero-order valence-electron chi connectivity index (χ0n) is 15.5. The zero-order valence-corrected chi connectivity index (χ0v) is 16.3. The Morgan fingerprint density at radius 2 is 1.75 bits per heavy atom. The van der Waals surface area contributed by atoms with Gasteiger partial charge in [0.2, 0.25) is 10.0 Å². The van der Waals surface area contributed by atoms with Gasteiger partial charge in [-0.15, -0.1) is 0 Å². The van der Waals surface area contributed by atoms with E-state index in [0.717, 1.165) is 29.3 Å². The summed E-state index contributed by atoms with van der Waals surface area (Å²) in [5.41, 5.74) is 5.91. The normalized spacial score (nSPS) is 14.0. The maximum atomic E-state index is 12.6. The van der Waals surface area contributed by atoms with Crippen molar-refractivity contribution in [3.05, 3.63) is 70.4 Å². The van der Waals surface area contributed by atoms with Gasteiger partial charge in [0, 0.05) is 28.7 Å². The van der Waals surface area contributed by atoms with Crippen molar-refractivity contribution in [2.75, 3.05) is 0 Å². The number of aryl methyl sites for hydroxylation is 2. The second-order valence-electron chi connectivity index (χ2n) is 7.36. The highest BCUT2D eigenvalue weighted by molar-refractivity contribution is 7.88. The quantitative estimate of drug-likeness (QED) is 0.616. The van der Waals surface area contributed by atoms with Crippen molar-refractivity contribution in [2.45, 2.75) is 38.0 Å². The first-order valence-corrected chi connectivity index (χ1v) is 11.1. The van der Waals surface area contributed by atoms with E-state index in [2.05, 4.69) is 10.3 Å². The fraction of sp³-hybridized carbons (Fsp3) is 0.286. The van der Waals surface area contributed by atoms with Crippen LogP contribution in [0.4, 0.5) is 0 Å². The van der Waals surface area contributed by atoms with E-state index in [4.69, 9.17) is 5.14 Å². The molecule has 7 heteroatoms. The number of aromatic amines is 1. The monoisotopic (exact) mass is 397 g/mol. The number of hydrogen-bond acceptors (Lipinski definition) is 3. The van der Waals surface area contributed by atoms with Crippen molar-refractivity contribution in [3.63, 3.8) is 0 Å². The molecule has 0 radical (unpaired) electrons. The fourth-order valence-corrected chi connectivity index (χ4v) is 4.47. The fourth-order valence-electron chi connectivity index (χ4n) is 3.82. The molecule has 6 nitrogen and oxygen atoms in total. The third kappa shape index (κ3) is 4.10. The molecule has 28 heavy (non-hydrogen) atoms. The van der Waals surface area contributed by atoms with E-state index in [0.29, 0.717) is 17.7 Å². The minimum atomic E-state index is -3.54. The Kier molecular flexibility index (Phi) is 4.95. The molecule has 0 atom stereocenters. The highest BCUT2D eigenvalue weighted by atomic mass is 32.2. The number of fused-ring (bicyclic) bond motifs is 3. The zero-order chi connectivity index (χ0) is 19.7. The van der Waals surface area contributed by atoms with Crippen LogP contribution in [0.2, 0.25) is 0 Å². The second-order valence-corrected chi connectivity index (χ2v) is 8.97. The van der Waals surface area contributed by atoms with Crippen LogP contribution in [0, 0.1) is 0 Å². The molecule has 146 valence electrons. The lowest BCUT2D eigenvalue weighted by molar-refractivity contribution is 0.0951. The minimum Gasteiger partial charge on any atom is -0.358 e. The lowest BCUT2D eigenvalue weighted by atomic mass is 9.95. The van der Waals surface area contributed by atoms with Crippen LogP contribution < -0.4 is 10.5 Å². The lowest BCUT2D eigenvalue weighted by Gasteiger charge is -2.10. The Balaban J connectivity index is 1.45. The molecule has 3 aromatic rings. The smallest absolute Gasteiger partial charge is 0.251 e. The molecule has 1 aliphatic carbocycles. The van der Waals surface area contributed by atoms with E-state index in [1.807, 2.05) is 18.2 Å². The molecule has 0 bridgehead atoms. The first kappa shape index (κ1) is 18.7. The number of rotatable bonds is 5. The van der Waals surface area contributed by atoms with Crippen molar-refractivity contribution in [1.82, 2.24) is 10.3 Å². The molecule has 2 aromatic carbocycles. The molecule has 4 N–H and O–H groups in total. The number of amides is 1. The van der Waals surface area contributed by atoms with Gasteiger partial charge >= 0.3 is 0 Å². The molecule has 0 unspecified atom stereocenters. The topological polar surface area (TPSA) is 105 Å². The summed E-state index contributed by atoms with van der Waals surface area (Å²) in [5, 5.41) is 9.13. The molecule has 1 heterocycles. The largest absolute Gasteiger partial charge is 0.358 e. The Labute approximate surface area is 164 Å². The number of nitrogens with two attached hydrogens (primary N) is 1. The van der Waals surface area contributed by atoms with Gasteiger partial charge in [-0.1, -0.05) is 24.3 Å². The number of carbonyl (C=O) groups is 1. The van der Waals surface area contributed by atoms with E-state index in [1.54, 1.807) is 24.3 Å². The van der Waals surface area contributed by atoms with Crippen molar-refractivity contribution >= 4 is 26.8 Å². The average Bonchev–Trinajstić information content (AvgIpc) is 3.04. The number of benzene rings is 2. The summed E-state index contributed by atoms with van der Waals surface area (Å²) in [7, 11) is -3.54. The number of H-pyrrole nitrogens is 1. The van der Waals surface area contributed by atoms with E-state index in [1.165, 1.54) is 24.1 Å². The summed E-state index contributed by atoms with van der Waals surface area (Å²) >= 11 is 0. The van der Waals surface area contributed by atoms with Gasteiger partial charge in [-0.3, -0.25) is 4.79 Å². The highest BCUT2D eigenvalue weighted by Crippen LogP contribution is 2.29. The number of sulfonamides is 1. The van der Waals surface area contributed by atoms with E-state index >= 15 is 0 Å². The number of aromatic nitrogens is 1. The molecule has 1 amide bonds. The third-order valence-electron chi connectivity index (χ3n) is 5.20. The molecule has 4 rings (SSSR count). The number of primary sulfonamides is 1. The van der Waals surface area contributed by atoms with Crippen molar-refractivity contribution in [1.29, 1.82) is 0 Å². The molecule has 0 saturated carbocycles. The summed E-state index contributed by atoms with van der Waals surface area (Å²) in [6.07, 6.45) is 4.54. The third-order valence-corrected chi connectivity index (χ3v) is 5.94. The summed E-state index contributed by atoms with van der Waals surface area (Å²) < 4.78 is 22.3. The summed E-state index contributed by atoms with van der Waals surface area (Å²) in [4.78, 5) is 16.1. The molecular weight excluding hydrogens is 374 g/mol. The number of hydrogen-bond donors (Lipinski definition) is 3. The molecule has 0 saturated heterocycles. The molecule has 0 spiro atoms. The lowest BCUT2D eigenvalue weighted by Crippen LogP contribution is -2.22. The first-order valence-electron chi connectivity index (χ1n) is 9.39. The van der Waals surface area contributed by atoms with Crippen LogP contribution in [0.1, 0.15) is 45.6 Å². The molecule has 1 aromatic heterocycles. The van der Waals surface area contributed by atoms with Gasteiger partial charge < -0.3 is 10.3 Å². The summed E-state index contributed by atoms with van der Waals surface area (Å²) in [5.74, 6) is -0.318. The van der Waals surface area contributed by atoms with E-state index in [9.17, 15) is 13.2 Å². The van der Waals surface area contributed by atoms with Crippen LogP contribution in [0.5, 0.6) is 0 Å².